The highest BCUT2D eigenvalue weighted by molar-refractivity contribution is 5.86. The number of H-pyrrole nitrogens is 1. The average Bonchev–Trinajstić information content (AvgIpc) is 3.69. The molecule has 0 bridgehead atoms. The number of hydrogen-bond donors (Lipinski definition) is 2. The lowest BCUT2D eigenvalue weighted by molar-refractivity contribution is -0.139. The van der Waals surface area contributed by atoms with Crippen molar-refractivity contribution in [2.24, 2.45) is 0 Å². The Labute approximate surface area is 211 Å². The lowest BCUT2D eigenvalue weighted by Crippen LogP contribution is -2.54. The van der Waals surface area contributed by atoms with E-state index in [9.17, 15) is 9.59 Å². The Balaban J connectivity index is 1.21. The first-order valence-corrected chi connectivity index (χ1v) is 13.6. The van der Waals surface area contributed by atoms with Gasteiger partial charge in [0.25, 0.3) is 0 Å². The van der Waals surface area contributed by atoms with Crippen molar-refractivity contribution < 1.29 is 9.59 Å². The van der Waals surface area contributed by atoms with Gasteiger partial charge in [0.15, 0.2) is 5.82 Å². The fourth-order valence-corrected chi connectivity index (χ4v) is 6.33. The summed E-state index contributed by atoms with van der Waals surface area (Å²) in [6.45, 7) is 4.74. The molecule has 0 unspecified atom stereocenters. The molecule has 2 aromatic rings. The largest absolute Gasteiger partial charge is 0.339 e. The summed E-state index contributed by atoms with van der Waals surface area (Å²) in [5.74, 6) is 3.04. The summed E-state index contributed by atoms with van der Waals surface area (Å²) >= 11 is 0. The standard InChI is InChI=1S/C26H36N8O2/c1-17(35)32-12-14-33(15-13-32)25(36)22-10-5-11-34(22)26-27-20-9-4-8-19(20)24(29-26)28-23-16-21(30-31-23)18-6-2-3-7-18/h16,18,22H,2-15H2,1H3,(H2,27,28,29,30,31)/t22-/m1/s1. The normalized spacial score (nSPS) is 22.4. The van der Waals surface area contributed by atoms with Crippen molar-refractivity contribution in [2.45, 2.75) is 76.7 Å². The summed E-state index contributed by atoms with van der Waals surface area (Å²) in [6.07, 6.45) is 9.74. The van der Waals surface area contributed by atoms with Crippen molar-refractivity contribution in [1.82, 2.24) is 30.0 Å². The van der Waals surface area contributed by atoms with Crippen LogP contribution in [0.3, 0.4) is 0 Å². The molecule has 6 rings (SSSR count). The number of aromatic nitrogens is 4. The molecule has 2 saturated heterocycles. The van der Waals surface area contributed by atoms with Crippen LogP contribution in [0.4, 0.5) is 17.6 Å². The van der Waals surface area contributed by atoms with Gasteiger partial charge in [0.2, 0.25) is 17.8 Å². The van der Waals surface area contributed by atoms with E-state index in [1.165, 1.54) is 36.9 Å². The molecule has 4 aliphatic rings. The SMILES string of the molecule is CC(=O)N1CCN(C(=O)[C@H]2CCCN2c2nc3c(c(Nc4cc(C5CCCC5)[nH]n4)n2)CCC3)CC1. The van der Waals surface area contributed by atoms with Crippen LogP contribution in [0.2, 0.25) is 0 Å². The number of rotatable bonds is 5. The minimum atomic E-state index is -0.250. The second-order valence-corrected chi connectivity index (χ2v) is 10.6. The van der Waals surface area contributed by atoms with Crippen LogP contribution in [0, 0.1) is 0 Å². The monoisotopic (exact) mass is 492 g/mol. The third-order valence-electron chi connectivity index (χ3n) is 8.39. The van der Waals surface area contributed by atoms with E-state index in [0.29, 0.717) is 38.0 Å². The molecule has 0 spiro atoms. The predicted octanol–water partition coefficient (Wildman–Crippen LogP) is 2.75. The quantitative estimate of drug-likeness (QED) is 0.660. The van der Waals surface area contributed by atoms with Gasteiger partial charge in [-0.15, -0.1) is 0 Å². The predicted molar refractivity (Wildman–Crippen MR) is 136 cm³/mol. The Bertz CT molecular complexity index is 1130. The highest BCUT2D eigenvalue weighted by Crippen LogP contribution is 2.36. The van der Waals surface area contributed by atoms with Crippen molar-refractivity contribution in [1.29, 1.82) is 0 Å². The van der Waals surface area contributed by atoms with Crippen molar-refractivity contribution >= 4 is 29.4 Å². The van der Waals surface area contributed by atoms with Crippen LogP contribution in [0.15, 0.2) is 6.07 Å². The van der Waals surface area contributed by atoms with Crippen LogP contribution in [-0.2, 0) is 22.4 Å². The van der Waals surface area contributed by atoms with Crippen LogP contribution in [0.25, 0.3) is 0 Å². The number of nitrogens with one attached hydrogen (secondary N) is 2. The minimum absolute atomic E-state index is 0.0726. The number of nitrogens with zero attached hydrogens (tertiary/aromatic N) is 6. The first-order valence-electron chi connectivity index (χ1n) is 13.6. The lowest BCUT2D eigenvalue weighted by atomic mass is 10.0. The summed E-state index contributed by atoms with van der Waals surface area (Å²) in [4.78, 5) is 40.9. The van der Waals surface area contributed by atoms with Gasteiger partial charge in [0.1, 0.15) is 11.9 Å². The molecule has 1 atom stereocenters. The molecule has 2 N–H and O–H groups in total. The maximum absolute atomic E-state index is 13.5. The number of anilines is 3. The van der Waals surface area contributed by atoms with Crippen LogP contribution >= 0.6 is 0 Å². The third kappa shape index (κ3) is 4.41. The Morgan fingerprint density at radius 2 is 1.72 bits per heavy atom. The Hall–Kier alpha value is -3.17. The third-order valence-corrected chi connectivity index (χ3v) is 8.39. The van der Waals surface area contributed by atoms with Gasteiger partial charge in [-0.1, -0.05) is 12.8 Å². The Morgan fingerprint density at radius 3 is 2.50 bits per heavy atom. The van der Waals surface area contributed by atoms with Gasteiger partial charge in [-0.3, -0.25) is 14.7 Å². The highest BCUT2D eigenvalue weighted by atomic mass is 16.2. The molecule has 2 aliphatic carbocycles. The van der Waals surface area contributed by atoms with E-state index in [1.807, 2.05) is 9.80 Å². The zero-order chi connectivity index (χ0) is 24.6. The van der Waals surface area contributed by atoms with Crippen LogP contribution in [0.1, 0.15) is 74.7 Å². The number of piperazine rings is 1. The molecular weight excluding hydrogens is 456 g/mol. The Morgan fingerprint density at radius 1 is 0.944 bits per heavy atom. The molecule has 10 nitrogen and oxygen atoms in total. The molecule has 0 aromatic carbocycles. The smallest absolute Gasteiger partial charge is 0.245 e. The molecule has 10 heteroatoms. The molecule has 36 heavy (non-hydrogen) atoms. The second-order valence-electron chi connectivity index (χ2n) is 10.6. The summed E-state index contributed by atoms with van der Waals surface area (Å²) < 4.78 is 0. The van der Waals surface area contributed by atoms with Crippen molar-refractivity contribution in [2.75, 3.05) is 42.9 Å². The molecule has 2 amide bonds. The molecule has 192 valence electrons. The van der Waals surface area contributed by atoms with Gasteiger partial charge in [0, 0.05) is 62.9 Å². The summed E-state index contributed by atoms with van der Waals surface area (Å²) in [7, 11) is 0. The van der Waals surface area contributed by atoms with Crippen LogP contribution in [0.5, 0.6) is 0 Å². The first-order chi connectivity index (χ1) is 17.6. The summed E-state index contributed by atoms with van der Waals surface area (Å²) in [5, 5.41) is 11.2. The molecule has 3 fully saturated rings. The van der Waals surface area contributed by atoms with E-state index >= 15 is 0 Å². The number of hydrogen-bond acceptors (Lipinski definition) is 7. The van der Waals surface area contributed by atoms with Gasteiger partial charge in [-0.2, -0.15) is 10.1 Å². The fourth-order valence-electron chi connectivity index (χ4n) is 6.33. The van der Waals surface area contributed by atoms with Crippen molar-refractivity contribution in [3.8, 4) is 0 Å². The molecule has 2 aliphatic heterocycles. The van der Waals surface area contributed by atoms with Gasteiger partial charge < -0.3 is 20.0 Å². The van der Waals surface area contributed by atoms with E-state index < -0.39 is 0 Å². The fraction of sp³-hybridized carbons (Fsp3) is 0.654. The van der Waals surface area contributed by atoms with Gasteiger partial charge in [-0.25, -0.2) is 4.98 Å². The molecule has 0 radical (unpaired) electrons. The molecule has 2 aromatic heterocycles. The summed E-state index contributed by atoms with van der Waals surface area (Å²) in [6, 6.07) is 1.88. The highest BCUT2D eigenvalue weighted by Gasteiger charge is 2.37. The van der Waals surface area contributed by atoms with E-state index in [2.05, 4.69) is 26.5 Å². The number of fused-ring (bicyclic) bond motifs is 1. The number of carbonyl (C=O) groups excluding carboxylic acids is 2. The molecule has 1 saturated carbocycles. The number of aromatic amines is 1. The second kappa shape index (κ2) is 9.71. The lowest BCUT2D eigenvalue weighted by Gasteiger charge is -2.37. The van der Waals surface area contributed by atoms with Crippen LogP contribution < -0.4 is 10.2 Å². The van der Waals surface area contributed by atoms with Crippen molar-refractivity contribution in [3.05, 3.63) is 23.0 Å². The topological polar surface area (TPSA) is 110 Å². The van der Waals surface area contributed by atoms with Crippen LogP contribution in [-0.4, -0.2) is 80.5 Å². The zero-order valence-electron chi connectivity index (χ0n) is 21.1. The van der Waals surface area contributed by atoms with Crippen molar-refractivity contribution in [3.63, 3.8) is 0 Å². The maximum Gasteiger partial charge on any atom is 0.245 e. The minimum Gasteiger partial charge on any atom is -0.339 e. The molecular formula is C26H36N8O2. The maximum atomic E-state index is 13.5. The number of amides is 2. The molecule has 4 heterocycles. The van der Waals surface area contributed by atoms with Gasteiger partial charge in [-0.05, 0) is 44.9 Å². The van der Waals surface area contributed by atoms with E-state index in [0.717, 1.165) is 56.0 Å². The van der Waals surface area contributed by atoms with E-state index in [1.54, 1.807) is 6.92 Å². The number of carbonyl (C=O) groups is 2. The zero-order valence-corrected chi connectivity index (χ0v) is 21.1. The Kier molecular flexibility index (Phi) is 6.27. The van der Waals surface area contributed by atoms with Gasteiger partial charge >= 0.3 is 0 Å². The van der Waals surface area contributed by atoms with E-state index in [4.69, 9.17) is 9.97 Å². The number of aryl methyl sites for hydroxylation is 1. The summed E-state index contributed by atoms with van der Waals surface area (Å²) in [5.41, 5.74) is 3.46. The average molecular weight is 493 g/mol. The van der Waals surface area contributed by atoms with Gasteiger partial charge in [0.05, 0.1) is 5.69 Å². The van der Waals surface area contributed by atoms with E-state index in [-0.39, 0.29) is 17.9 Å². The first kappa shape index (κ1) is 23.2.